The Morgan fingerprint density at radius 2 is 0.539 bits per heavy atom. The van der Waals surface area contributed by atoms with E-state index in [0.29, 0.717) is 0 Å². The van der Waals surface area contributed by atoms with E-state index in [2.05, 4.69) is 317 Å². The van der Waals surface area contributed by atoms with Crippen LogP contribution in [0, 0.1) is 0 Å². The highest BCUT2D eigenvalue weighted by atomic mass is 15.1. The molecule has 2 aromatic heterocycles. The van der Waals surface area contributed by atoms with Crippen molar-refractivity contribution in [3.05, 3.63) is 320 Å². The van der Waals surface area contributed by atoms with Gasteiger partial charge in [0.15, 0.2) is 0 Å². The van der Waals surface area contributed by atoms with Crippen LogP contribution in [0.25, 0.3) is 88.4 Å². The maximum absolute atomic E-state index is 2.43. The fourth-order valence-electron chi connectivity index (χ4n) is 11.6. The monoisotopic (exact) mass is 969 g/mol. The Balaban J connectivity index is 0.842. The van der Waals surface area contributed by atoms with Crippen LogP contribution >= 0.6 is 0 Å². The minimum absolute atomic E-state index is 0.00498. The summed E-state index contributed by atoms with van der Waals surface area (Å²) in [5, 5.41) is 4.94. The zero-order chi connectivity index (χ0) is 50.4. The van der Waals surface area contributed by atoms with Crippen LogP contribution in [0.15, 0.2) is 303 Å². The van der Waals surface area contributed by atoms with E-state index in [9.17, 15) is 0 Å². The molecule has 0 saturated carbocycles. The maximum atomic E-state index is 2.43. The molecule has 0 fully saturated rings. The van der Waals surface area contributed by atoms with Crippen LogP contribution in [-0.2, 0) is 0 Å². The number of para-hydroxylation sites is 4. The minimum atomic E-state index is 0.00498. The van der Waals surface area contributed by atoms with E-state index >= 15 is 0 Å². The van der Waals surface area contributed by atoms with Crippen LogP contribution in [0.3, 0.4) is 0 Å². The highest BCUT2D eigenvalue weighted by Crippen LogP contribution is 2.43. The van der Waals surface area contributed by atoms with Gasteiger partial charge in [-0.2, -0.15) is 0 Å². The molecule has 0 aliphatic carbocycles. The number of benzene rings is 12. The first-order valence-corrected chi connectivity index (χ1v) is 26.2. The maximum Gasteiger partial charge on any atom is 0.0542 e. The molecule has 3 nitrogen and oxygen atoms in total. The molecule has 0 radical (unpaired) electrons. The van der Waals surface area contributed by atoms with Crippen molar-refractivity contribution in [2.75, 3.05) is 4.90 Å². The van der Waals surface area contributed by atoms with Crippen LogP contribution in [0.4, 0.5) is 17.1 Å². The highest BCUT2D eigenvalue weighted by Gasteiger charge is 2.22. The lowest BCUT2D eigenvalue weighted by molar-refractivity contribution is 0.980. The predicted octanol–water partition coefficient (Wildman–Crippen LogP) is 19.5. The second kappa shape index (κ2) is 19.1. The molecule has 0 aliphatic heterocycles. The third kappa shape index (κ3) is 8.03. The summed E-state index contributed by atoms with van der Waals surface area (Å²) >= 11 is 0. The molecule has 0 amide bonds. The second-order valence-corrected chi connectivity index (χ2v) is 19.7. The van der Waals surface area contributed by atoms with Crippen molar-refractivity contribution in [2.24, 2.45) is 0 Å². The van der Waals surface area contributed by atoms with Crippen LogP contribution in [-0.4, -0.2) is 9.13 Å². The molecule has 1 unspecified atom stereocenters. The third-order valence-electron chi connectivity index (χ3n) is 15.3. The van der Waals surface area contributed by atoms with Gasteiger partial charge in [-0.15, -0.1) is 0 Å². The minimum Gasteiger partial charge on any atom is -0.310 e. The average molecular weight is 970 g/mol. The molecule has 1 atom stereocenters. The number of rotatable bonds is 11. The number of hydrogen-bond acceptors (Lipinski definition) is 1. The topological polar surface area (TPSA) is 13.1 Å². The van der Waals surface area contributed by atoms with Crippen LogP contribution in [0.1, 0.15) is 22.6 Å². The van der Waals surface area contributed by atoms with Crippen LogP contribution < -0.4 is 4.90 Å². The molecule has 0 N–H and O–H groups in total. The first-order chi connectivity index (χ1) is 37.7. The van der Waals surface area contributed by atoms with Gasteiger partial charge in [0.2, 0.25) is 0 Å². The molecule has 0 aliphatic rings. The molecule has 0 saturated heterocycles. The predicted molar refractivity (Wildman–Crippen MR) is 320 cm³/mol. The van der Waals surface area contributed by atoms with E-state index in [1.165, 1.54) is 88.1 Å². The Bertz CT molecular complexity index is 4050. The Labute approximate surface area is 443 Å². The molecule has 2 heterocycles. The smallest absolute Gasteiger partial charge is 0.0542 e. The van der Waals surface area contributed by atoms with Gasteiger partial charge in [0.1, 0.15) is 0 Å². The van der Waals surface area contributed by atoms with Gasteiger partial charge in [0.05, 0.1) is 22.1 Å². The van der Waals surface area contributed by atoms with E-state index in [1.54, 1.807) is 0 Å². The molecule has 3 heteroatoms. The zero-order valence-corrected chi connectivity index (χ0v) is 41.8. The number of nitrogens with zero attached hydrogens (tertiary/aromatic N) is 3. The Hall–Kier alpha value is -9.96. The summed E-state index contributed by atoms with van der Waals surface area (Å²) in [7, 11) is 0. The van der Waals surface area contributed by atoms with Gasteiger partial charge >= 0.3 is 0 Å². The fraction of sp³-hybridized carbons (Fsp3) is 0.0137. The molecule has 0 spiro atoms. The molecule has 12 aromatic carbocycles. The summed E-state index contributed by atoms with van der Waals surface area (Å²) in [5.41, 5.74) is 21.3. The third-order valence-corrected chi connectivity index (χ3v) is 15.3. The van der Waals surface area contributed by atoms with Crippen molar-refractivity contribution in [3.63, 3.8) is 0 Å². The lowest BCUT2D eigenvalue weighted by Gasteiger charge is -2.26. The van der Waals surface area contributed by atoms with Gasteiger partial charge in [-0.25, -0.2) is 0 Å². The SMILES string of the molecule is c1ccc(-c2ccc(C(c3ccc(-c4ccc(N(c5ccc(-c6ccccc6)cc5)c5ccc6c(c5)c5ccccc5n6-c5ccccc5)cc4)cc3)c3ccc4c(c3)c3ccccc3n4-c3ccccc3)cc2)cc1. The Morgan fingerprint density at radius 1 is 0.224 bits per heavy atom. The lowest BCUT2D eigenvalue weighted by atomic mass is 9.83. The Morgan fingerprint density at radius 3 is 0.987 bits per heavy atom. The Kier molecular flexibility index (Phi) is 11.3. The molecule has 14 aromatic rings. The normalized spacial score (nSPS) is 11.9. The summed E-state index contributed by atoms with van der Waals surface area (Å²) in [6.07, 6.45) is 0. The zero-order valence-electron chi connectivity index (χ0n) is 41.8. The van der Waals surface area contributed by atoms with E-state index in [-0.39, 0.29) is 5.92 Å². The number of fused-ring (bicyclic) bond motifs is 6. The van der Waals surface area contributed by atoms with Crippen LogP contribution in [0.2, 0.25) is 0 Å². The molecule has 76 heavy (non-hydrogen) atoms. The van der Waals surface area contributed by atoms with Crippen molar-refractivity contribution in [1.29, 1.82) is 0 Å². The molecule has 14 rings (SSSR count). The molecular weight excluding hydrogens is 919 g/mol. The van der Waals surface area contributed by atoms with Crippen molar-refractivity contribution in [3.8, 4) is 44.8 Å². The number of hydrogen-bond donors (Lipinski definition) is 0. The van der Waals surface area contributed by atoms with Crippen LogP contribution in [0.5, 0.6) is 0 Å². The van der Waals surface area contributed by atoms with Gasteiger partial charge in [-0.1, -0.05) is 212 Å². The standard InChI is InChI=1S/C73H51N3/c1-5-17-51(18-6-1)53-29-33-57(34-30-53)73(59-41-47-71-67(49-59)65-25-13-15-27-69(65)75(71)60-21-9-3-10-22-60)58-35-31-54(32-36-58)56-39-44-63(45-40-56)74(62-42-37-55(38-43-62)52-19-7-2-8-20-52)64-46-48-72-68(50-64)66-26-14-16-28-70(66)76(72)61-23-11-4-12-24-61/h1-50,73H. The van der Waals surface area contributed by atoms with Gasteiger partial charge in [0.25, 0.3) is 0 Å². The largest absolute Gasteiger partial charge is 0.310 e. The van der Waals surface area contributed by atoms with Crippen molar-refractivity contribution >= 4 is 60.7 Å². The summed E-state index contributed by atoms with van der Waals surface area (Å²) in [5.74, 6) is 0.00498. The lowest BCUT2D eigenvalue weighted by Crippen LogP contribution is -2.10. The van der Waals surface area contributed by atoms with Crippen molar-refractivity contribution in [1.82, 2.24) is 9.13 Å². The van der Waals surface area contributed by atoms with E-state index in [1.807, 2.05) is 0 Å². The van der Waals surface area contributed by atoms with E-state index < -0.39 is 0 Å². The number of aromatic nitrogens is 2. The number of anilines is 3. The summed E-state index contributed by atoms with van der Waals surface area (Å²) in [6.45, 7) is 0. The summed E-state index contributed by atoms with van der Waals surface area (Å²) in [4.78, 5) is 2.39. The van der Waals surface area contributed by atoms with Gasteiger partial charge < -0.3 is 14.0 Å². The first kappa shape index (κ1) is 44.7. The second-order valence-electron chi connectivity index (χ2n) is 19.7. The average Bonchev–Trinajstić information content (AvgIpc) is 4.08. The van der Waals surface area contributed by atoms with Crippen molar-refractivity contribution < 1.29 is 0 Å². The van der Waals surface area contributed by atoms with Crippen molar-refractivity contribution in [2.45, 2.75) is 5.92 Å². The van der Waals surface area contributed by atoms with Gasteiger partial charge in [0, 0.05) is 55.9 Å². The molecule has 358 valence electrons. The first-order valence-electron chi connectivity index (χ1n) is 26.2. The van der Waals surface area contributed by atoms with E-state index in [4.69, 9.17) is 0 Å². The fourth-order valence-corrected chi connectivity index (χ4v) is 11.6. The summed E-state index contributed by atoms with van der Waals surface area (Å²) < 4.78 is 4.77. The quantitative estimate of drug-likeness (QED) is 0.118. The highest BCUT2D eigenvalue weighted by molar-refractivity contribution is 6.11. The molecular formula is C73H51N3. The van der Waals surface area contributed by atoms with Gasteiger partial charge in [-0.3, -0.25) is 0 Å². The van der Waals surface area contributed by atoms with E-state index in [0.717, 1.165) is 34.0 Å². The summed E-state index contributed by atoms with van der Waals surface area (Å²) in [6, 6.07) is 111. The van der Waals surface area contributed by atoms with Gasteiger partial charge in [-0.05, 0) is 141 Å². The molecule has 0 bridgehead atoms.